The molecule has 0 spiro atoms. The number of hydrogen-bond donors (Lipinski definition) is 1. The van der Waals surface area contributed by atoms with E-state index in [1.54, 1.807) is 18.2 Å². The van der Waals surface area contributed by atoms with Gasteiger partial charge in [0.05, 0.1) is 5.02 Å². The van der Waals surface area contributed by atoms with E-state index in [0.29, 0.717) is 11.9 Å². The molecule has 1 rings (SSSR count). The molecule has 3 nitrogen and oxygen atoms in total. The Morgan fingerprint density at radius 2 is 2.00 bits per heavy atom. The first-order chi connectivity index (χ1) is 6.58. The zero-order chi connectivity index (χ0) is 10.6. The van der Waals surface area contributed by atoms with Crippen LogP contribution in [0.3, 0.4) is 0 Å². The molecule has 0 amide bonds. The molecule has 0 saturated carbocycles. The molecule has 0 heterocycles. The smallest absolute Gasteiger partial charge is 0.210 e. The van der Waals surface area contributed by atoms with Crippen molar-refractivity contribution in [2.45, 2.75) is 4.90 Å². The molecule has 0 saturated heterocycles. The molecule has 0 bridgehead atoms. The molecule has 6 heteroatoms. The van der Waals surface area contributed by atoms with Crippen LogP contribution in [0.15, 0.2) is 29.2 Å². The first-order valence-electron chi connectivity index (χ1n) is 3.88. The quantitative estimate of drug-likeness (QED) is 0.864. The normalized spacial score (nSPS) is 11.6. The van der Waals surface area contributed by atoms with Crippen molar-refractivity contribution in [1.29, 1.82) is 0 Å². The minimum absolute atomic E-state index is 0.114. The van der Waals surface area contributed by atoms with E-state index in [0.717, 1.165) is 0 Å². The predicted molar refractivity (Wildman–Crippen MR) is 60.4 cm³/mol. The molecule has 0 radical (unpaired) electrons. The van der Waals surface area contributed by atoms with Gasteiger partial charge in [-0.2, -0.15) is 0 Å². The van der Waals surface area contributed by atoms with Gasteiger partial charge in [-0.1, -0.05) is 39.7 Å². The zero-order valence-corrected chi connectivity index (χ0v) is 10.4. The highest BCUT2D eigenvalue weighted by molar-refractivity contribution is 9.09. The highest BCUT2D eigenvalue weighted by atomic mass is 79.9. The Balaban J connectivity index is 2.99. The number of benzene rings is 1. The van der Waals surface area contributed by atoms with Crippen molar-refractivity contribution < 1.29 is 8.42 Å². The summed E-state index contributed by atoms with van der Waals surface area (Å²) in [5.41, 5.74) is 0. The Labute approximate surface area is 96.6 Å². The van der Waals surface area contributed by atoms with Crippen molar-refractivity contribution >= 4 is 37.6 Å². The number of halogens is 2. The van der Waals surface area contributed by atoms with Crippen molar-refractivity contribution in [2.75, 3.05) is 11.9 Å². The van der Waals surface area contributed by atoms with Gasteiger partial charge in [-0.25, -0.2) is 13.1 Å². The van der Waals surface area contributed by atoms with Crippen LogP contribution in [0.1, 0.15) is 0 Å². The van der Waals surface area contributed by atoms with Gasteiger partial charge in [-0.3, -0.25) is 0 Å². The summed E-state index contributed by atoms with van der Waals surface area (Å²) in [5, 5.41) is 0.797. The van der Waals surface area contributed by atoms with Crippen molar-refractivity contribution in [2.24, 2.45) is 0 Å². The Bertz CT molecular complexity index is 408. The minimum atomic E-state index is -3.47. The summed E-state index contributed by atoms with van der Waals surface area (Å²) < 4.78 is 25.6. The molecule has 0 aromatic heterocycles. The summed E-state index contributed by atoms with van der Waals surface area (Å²) in [6.45, 7) is 0.341. The summed E-state index contributed by atoms with van der Waals surface area (Å²) in [5.74, 6) is 0. The third-order valence-corrected chi connectivity index (χ3v) is 3.87. The van der Waals surface area contributed by atoms with Gasteiger partial charge in [0.2, 0.25) is 10.0 Å². The largest absolute Gasteiger partial charge is 0.242 e. The summed E-state index contributed by atoms with van der Waals surface area (Å²) >= 11 is 8.89. The predicted octanol–water partition coefficient (Wildman–Crippen LogP) is 2.01. The average molecular weight is 299 g/mol. The van der Waals surface area contributed by atoms with Crippen LogP contribution in [0.2, 0.25) is 5.02 Å². The second kappa shape index (κ2) is 5.11. The summed E-state index contributed by atoms with van der Waals surface area (Å²) in [4.78, 5) is 0.114. The van der Waals surface area contributed by atoms with Crippen molar-refractivity contribution in [3.8, 4) is 0 Å². The second-order valence-electron chi connectivity index (χ2n) is 2.52. The lowest BCUT2D eigenvalue weighted by Gasteiger charge is -2.06. The van der Waals surface area contributed by atoms with Gasteiger partial charge < -0.3 is 0 Å². The number of hydrogen-bond acceptors (Lipinski definition) is 2. The highest BCUT2D eigenvalue weighted by Crippen LogP contribution is 2.19. The minimum Gasteiger partial charge on any atom is -0.210 e. The molecule has 0 aliphatic carbocycles. The van der Waals surface area contributed by atoms with E-state index in [4.69, 9.17) is 11.6 Å². The van der Waals surface area contributed by atoms with Crippen LogP contribution in [-0.4, -0.2) is 20.3 Å². The molecule has 14 heavy (non-hydrogen) atoms. The van der Waals surface area contributed by atoms with E-state index in [1.807, 2.05) is 0 Å². The van der Waals surface area contributed by atoms with Gasteiger partial charge in [0.25, 0.3) is 0 Å². The molecule has 1 aromatic rings. The van der Waals surface area contributed by atoms with Crippen molar-refractivity contribution in [3.05, 3.63) is 29.3 Å². The first kappa shape index (κ1) is 12.0. The van der Waals surface area contributed by atoms with E-state index in [1.165, 1.54) is 6.07 Å². The van der Waals surface area contributed by atoms with Gasteiger partial charge in [0, 0.05) is 11.9 Å². The number of alkyl halides is 1. The van der Waals surface area contributed by atoms with Crippen LogP contribution in [-0.2, 0) is 10.0 Å². The fourth-order valence-corrected chi connectivity index (χ4v) is 2.92. The number of sulfonamides is 1. The second-order valence-corrected chi connectivity index (χ2v) is 5.45. The summed E-state index contributed by atoms with van der Waals surface area (Å²) in [6, 6.07) is 6.34. The van der Waals surface area contributed by atoms with E-state index in [9.17, 15) is 8.42 Å². The monoisotopic (exact) mass is 297 g/mol. The molecular weight excluding hydrogens is 290 g/mol. The number of rotatable bonds is 4. The maximum atomic E-state index is 11.6. The molecule has 1 N–H and O–H groups in total. The van der Waals surface area contributed by atoms with E-state index >= 15 is 0 Å². The van der Waals surface area contributed by atoms with Crippen LogP contribution in [0, 0.1) is 0 Å². The lowest BCUT2D eigenvalue weighted by Crippen LogP contribution is -2.25. The molecule has 1 aromatic carbocycles. The molecule has 0 fully saturated rings. The van der Waals surface area contributed by atoms with Gasteiger partial charge in [-0.05, 0) is 12.1 Å². The molecular formula is C8H9BrClNO2S. The van der Waals surface area contributed by atoms with Gasteiger partial charge >= 0.3 is 0 Å². The third-order valence-electron chi connectivity index (χ3n) is 1.51. The van der Waals surface area contributed by atoms with Crippen LogP contribution >= 0.6 is 27.5 Å². The SMILES string of the molecule is O=S(=O)(NCCBr)c1ccccc1Cl. The Hall–Kier alpha value is -0.100. The fourth-order valence-electron chi connectivity index (χ4n) is 0.913. The lowest BCUT2D eigenvalue weighted by atomic mass is 10.4. The summed E-state index contributed by atoms with van der Waals surface area (Å²) in [6.07, 6.45) is 0. The van der Waals surface area contributed by atoms with Crippen LogP contribution in [0.5, 0.6) is 0 Å². The average Bonchev–Trinajstić information content (AvgIpc) is 2.15. The molecule has 0 aliphatic heterocycles. The number of nitrogens with one attached hydrogen (secondary N) is 1. The molecule has 78 valence electrons. The van der Waals surface area contributed by atoms with Crippen LogP contribution in [0.4, 0.5) is 0 Å². The van der Waals surface area contributed by atoms with Crippen molar-refractivity contribution in [3.63, 3.8) is 0 Å². The fraction of sp³-hybridized carbons (Fsp3) is 0.250. The maximum absolute atomic E-state index is 11.6. The Kier molecular flexibility index (Phi) is 4.37. The van der Waals surface area contributed by atoms with Crippen LogP contribution < -0.4 is 4.72 Å². The van der Waals surface area contributed by atoms with E-state index in [-0.39, 0.29) is 9.92 Å². The first-order valence-corrected chi connectivity index (χ1v) is 6.86. The highest BCUT2D eigenvalue weighted by Gasteiger charge is 2.15. The van der Waals surface area contributed by atoms with E-state index < -0.39 is 10.0 Å². The Morgan fingerprint density at radius 1 is 1.36 bits per heavy atom. The Morgan fingerprint density at radius 3 is 2.57 bits per heavy atom. The molecule has 0 aliphatic rings. The van der Waals surface area contributed by atoms with Gasteiger partial charge in [-0.15, -0.1) is 0 Å². The molecule has 0 unspecified atom stereocenters. The summed E-state index contributed by atoms with van der Waals surface area (Å²) in [7, 11) is -3.47. The van der Waals surface area contributed by atoms with Gasteiger partial charge in [0.1, 0.15) is 4.90 Å². The van der Waals surface area contributed by atoms with Crippen molar-refractivity contribution in [1.82, 2.24) is 4.72 Å². The third kappa shape index (κ3) is 2.95. The van der Waals surface area contributed by atoms with Crippen LogP contribution in [0.25, 0.3) is 0 Å². The topological polar surface area (TPSA) is 46.2 Å². The van der Waals surface area contributed by atoms with E-state index in [2.05, 4.69) is 20.7 Å². The van der Waals surface area contributed by atoms with Gasteiger partial charge in [0.15, 0.2) is 0 Å². The molecule has 0 atom stereocenters. The maximum Gasteiger partial charge on any atom is 0.242 e. The zero-order valence-electron chi connectivity index (χ0n) is 7.20. The standard InChI is InChI=1S/C8H9BrClNO2S/c9-5-6-11-14(12,13)8-4-2-1-3-7(8)10/h1-4,11H,5-6H2. The lowest BCUT2D eigenvalue weighted by molar-refractivity contribution is 0.584.